The van der Waals surface area contributed by atoms with Gasteiger partial charge in [-0.15, -0.1) is 0 Å². The maximum Gasteiger partial charge on any atom is 0.264 e. The number of benzene rings is 1. The average molecular weight is 282 g/mol. The van der Waals surface area contributed by atoms with E-state index in [2.05, 4.69) is 11.2 Å². The van der Waals surface area contributed by atoms with Gasteiger partial charge in [-0.05, 0) is 19.1 Å². The molecule has 0 radical (unpaired) electrons. The van der Waals surface area contributed by atoms with E-state index in [0.717, 1.165) is 17.2 Å². The first-order valence-corrected chi connectivity index (χ1v) is 7.93. The highest BCUT2D eigenvalue weighted by molar-refractivity contribution is 7.85. The zero-order valence-corrected chi connectivity index (χ0v) is 12.1. The van der Waals surface area contributed by atoms with Crippen LogP contribution in [-0.2, 0) is 20.8 Å². The first kappa shape index (κ1) is 14.0. The van der Waals surface area contributed by atoms with E-state index in [-0.39, 0.29) is 12.5 Å². The maximum atomic E-state index is 10.9. The van der Waals surface area contributed by atoms with Crippen molar-refractivity contribution in [3.8, 4) is 0 Å². The predicted octanol–water partition coefficient (Wildman–Crippen LogP) is 1.96. The highest BCUT2D eigenvalue weighted by Crippen LogP contribution is 2.16. The number of rotatable bonds is 5. The van der Waals surface area contributed by atoms with Crippen molar-refractivity contribution in [1.82, 2.24) is 9.78 Å². The molecule has 0 aliphatic heterocycles. The van der Waals surface area contributed by atoms with E-state index >= 15 is 0 Å². The van der Waals surface area contributed by atoms with Gasteiger partial charge in [-0.25, -0.2) is 0 Å². The van der Waals surface area contributed by atoms with Gasteiger partial charge in [-0.2, -0.15) is 13.5 Å². The summed E-state index contributed by atoms with van der Waals surface area (Å²) in [5.41, 5.74) is 2.25. The molecule has 5 nitrogen and oxygen atoms in total. The van der Waals surface area contributed by atoms with E-state index in [0.29, 0.717) is 6.54 Å². The summed E-state index contributed by atoms with van der Waals surface area (Å²) in [4.78, 5) is 0. The van der Waals surface area contributed by atoms with E-state index in [1.54, 1.807) is 0 Å². The Hall–Kier alpha value is -1.40. The smallest absolute Gasteiger partial charge is 0.264 e. The highest BCUT2D eigenvalue weighted by Gasteiger charge is 2.11. The summed E-state index contributed by atoms with van der Waals surface area (Å²) in [6.45, 7) is 4.78. The van der Waals surface area contributed by atoms with Crippen molar-refractivity contribution in [3.05, 3.63) is 30.0 Å². The molecule has 0 fully saturated rings. The molecule has 0 aliphatic rings. The van der Waals surface area contributed by atoms with Crippen molar-refractivity contribution in [2.75, 3.05) is 12.9 Å². The number of aromatic nitrogens is 2. The Bertz CT molecular complexity index is 676. The Kier molecular flexibility index (Phi) is 3.91. The Labute approximate surface area is 113 Å². The molecule has 0 aliphatic carbocycles. The third-order valence-electron chi connectivity index (χ3n) is 2.85. The normalized spacial score (nSPS) is 13.8. The van der Waals surface area contributed by atoms with Crippen LogP contribution in [0.25, 0.3) is 10.9 Å². The number of hydrogen-bond donors (Lipinski definition) is 0. The number of aryl methyl sites for hydroxylation is 1. The molecule has 2 rings (SSSR count). The van der Waals surface area contributed by atoms with Gasteiger partial charge in [-0.1, -0.05) is 18.6 Å². The van der Waals surface area contributed by atoms with E-state index in [9.17, 15) is 8.42 Å². The lowest BCUT2D eigenvalue weighted by Gasteiger charge is -2.11. The second-order valence-corrected chi connectivity index (χ2v) is 6.63. The van der Waals surface area contributed by atoms with Crippen LogP contribution in [0, 0.1) is 12.8 Å². The van der Waals surface area contributed by atoms with Crippen molar-refractivity contribution in [2.45, 2.75) is 20.4 Å². The third kappa shape index (κ3) is 3.78. The molecule has 0 saturated heterocycles. The van der Waals surface area contributed by atoms with Gasteiger partial charge in [0.2, 0.25) is 0 Å². The van der Waals surface area contributed by atoms with Gasteiger partial charge in [0.15, 0.2) is 0 Å². The quantitative estimate of drug-likeness (QED) is 0.786. The summed E-state index contributed by atoms with van der Waals surface area (Å²) < 4.78 is 28.6. The van der Waals surface area contributed by atoms with E-state index in [1.165, 1.54) is 5.56 Å². The minimum Gasteiger partial charge on any atom is -0.270 e. The molecule has 1 aromatic heterocycles. The first-order chi connectivity index (χ1) is 8.85. The molecule has 1 aromatic carbocycles. The molecule has 19 heavy (non-hydrogen) atoms. The van der Waals surface area contributed by atoms with Crippen LogP contribution >= 0.6 is 0 Å². The Morgan fingerprint density at radius 2 is 2.16 bits per heavy atom. The van der Waals surface area contributed by atoms with Crippen molar-refractivity contribution in [3.63, 3.8) is 0 Å². The minimum atomic E-state index is -3.38. The highest BCUT2D eigenvalue weighted by atomic mass is 32.2. The fourth-order valence-corrected chi connectivity index (χ4v) is 2.42. The zero-order valence-electron chi connectivity index (χ0n) is 11.3. The Morgan fingerprint density at radius 3 is 2.84 bits per heavy atom. The summed E-state index contributed by atoms with van der Waals surface area (Å²) in [6.07, 6.45) is 2.89. The van der Waals surface area contributed by atoms with Gasteiger partial charge in [0, 0.05) is 17.8 Å². The van der Waals surface area contributed by atoms with Gasteiger partial charge in [0.1, 0.15) is 0 Å². The van der Waals surface area contributed by atoms with Gasteiger partial charge >= 0.3 is 0 Å². The standard InChI is InChI=1S/C13H18N2O3S/c1-10-4-5-13-12(6-10)7-14-15(13)8-11(2)9-18-19(3,16)17/h4-7,11H,8-9H2,1-3H3/t11-/m0/s1. The van der Waals surface area contributed by atoms with Gasteiger partial charge in [0.25, 0.3) is 10.1 Å². The molecule has 0 spiro atoms. The van der Waals surface area contributed by atoms with Gasteiger partial charge in [-0.3, -0.25) is 8.86 Å². The van der Waals surface area contributed by atoms with Crippen LogP contribution in [0.3, 0.4) is 0 Å². The SMILES string of the molecule is Cc1ccc2c(cnn2C[C@H](C)COS(C)(=O)=O)c1. The van der Waals surface area contributed by atoms with Crippen molar-refractivity contribution in [1.29, 1.82) is 0 Å². The average Bonchev–Trinajstić information content (AvgIpc) is 2.68. The molecule has 104 valence electrons. The van der Waals surface area contributed by atoms with E-state index in [1.807, 2.05) is 36.9 Å². The van der Waals surface area contributed by atoms with Crippen LogP contribution < -0.4 is 0 Å². The zero-order chi connectivity index (χ0) is 14.0. The van der Waals surface area contributed by atoms with Crippen LogP contribution in [0.1, 0.15) is 12.5 Å². The number of nitrogens with zero attached hydrogens (tertiary/aromatic N) is 2. The molecule has 1 atom stereocenters. The summed E-state index contributed by atoms with van der Waals surface area (Å²) in [6, 6.07) is 6.15. The third-order valence-corrected chi connectivity index (χ3v) is 3.41. The van der Waals surface area contributed by atoms with Crippen LogP contribution in [-0.4, -0.2) is 31.1 Å². The summed E-state index contributed by atoms with van der Waals surface area (Å²) in [5, 5.41) is 5.43. The molecule has 0 bridgehead atoms. The second kappa shape index (κ2) is 5.30. The van der Waals surface area contributed by atoms with E-state index < -0.39 is 10.1 Å². The van der Waals surface area contributed by atoms with Crippen molar-refractivity contribution in [2.24, 2.45) is 5.92 Å². The monoisotopic (exact) mass is 282 g/mol. The fraction of sp³-hybridized carbons (Fsp3) is 0.462. The molecule has 6 heteroatoms. The first-order valence-electron chi connectivity index (χ1n) is 6.12. The van der Waals surface area contributed by atoms with Crippen LogP contribution in [0.2, 0.25) is 0 Å². The Morgan fingerprint density at radius 1 is 1.42 bits per heavy atom. The molecular formula is C13H18N2O3S. The minimum absolute atomic E-state index is 0.0686. The fourth-order valence-electron chi connectivity index (χ4n) is 1.94. The molecule has 0 N–H and O–H groups in total. The largest absolute Gasteiger partial charge is 0.270 e. The Balaban J connectivity index is 2.09. The lowest BCUT2D eigenvalue weighted by atomic mass is 10.1. The van der Waals surface area contributed by atoms with Crippen molar-refractivity contribution < 1.29 is 12.6 Å². The maximum absolute atomic E-state index is 10.9. The number of fused-ring (bicyclic) bond motifs is 1. The van der Waals surface area contributed by atoms with Crippen LogP contribution in [0.15, 0.2) is 24.4 Å². The number of hydrogen-bond acceptors (Lipinski definition) is 4. The molecule has 0 unspecified atom stereocenters. The second-order valence-electron chi connectivity index (χ2n) is 4.98. The van der Waals surface area contributed by atoms with Crippen molar-refractivity contribution >= 4 is 21.0 Å². The van der Waals surface area contributed by atoms with E-state index in [4.69, 9.17) is 4.18 Å². The molecule has 1 heterocycles. The topological polar surface area (TPSA) is 61.2 Å². The molecule has 0 amide bonds. The van der Waals surface area contributed by atoms with Gasteiger partial charge < -0.3 is 0 Å². The lowest BCUT2D eigenvalue weighted by molar-refractivity contribution is 0.248. The molecule has 0 saturated carbocycles. The molecular weight excluding hydrogens is 264 g/mol. The van der Waals surface area contributed by atoms with Crippen LogP contribution in [0.5, 0.6) is 0 Å². The molecule has 2 aromatic rings. The van der Waals surface area contributed by atoms with Gasteiger partial charge in [0.05, 0.1) is 24.6 Å². The summed E-state index contributed by atoms with van der Waals surface area (Å²) in [5.74, 6) is 0.0686. The summed E-state index contributed by atoms with van der Waals surface area (Å²) in [7, 11) is -3.38. The lowest BCUT2D eigenvalue weighted by Crippen LogP contribution is -2.16. The van der Waals surface area contributed by atoms with Crippen LogP contribution in [0.4, 0.5) is 0 Å². The predicted molar refractivity (Wildman–Crippen MR) is 74.4 cm³/mol. The summed E-state index contributed by atoms with van der Waals surface area (Å²) >= 11 is 0.